The standard InChI is InChI=1S/C25H25NO5/c1-16-21(24(28)30-3)23(19-9-5-4-6-10-19)22(17(2)26-16)25(29)31-15-7-8-18-11-13-20(27)14-12-18/h4-14,23,26-27H,15H2,1-3H3/b8-7+. The second-order valence-corrected chi connectivity index (χ2v) is 7.13. The molecule has 0 amide bonds. The first-order chi connectivity index (χ1) is 14.9. The molecule has 0 fully saturated rings. The van der Waals surface area contributed by atoms with Gasteiger partial charge in [-0.15, -0.1) is 0 Å². The van der Waals surface area contributed by atoms with Gasteiger partial charge in [-0.2, -0.15) is 0 Å². The molecule has 160 valence electrons. The molecule has 0 spiro atoms. The van der Waals surface area contributed by atoms with E-state index in [-0.39, 0.29) is 12.4 Å². The highest BCUT2D eigenvalue weighted by molar-refractivity contribution is 5.99. The zero-order valence-corrected chi connectivity index (χ0v) is 17.7. The quantitative estimate of drug-likeness (QED) is 0.687. The molecule has 6 nitrogen and oxygen atoms in total. The summed E-state index contributed by atoms with van der Waals surface area (Å²) in [6.07, 6.45) is 3.52. The zero-order valence-electron chi connectivity index (χ0n) is 17.7. The Morgan fingerprint density at radius 2 is 1.58 bits per heavy atom. The van der Waals surface area contributed by atoms with Gasteiger partial charge in [0, 0.05) is 11.4 Å². The largest absolute Gasteiger partial charge is 0.508 e. The van der Waals surface area contributed by atoms with Crippen molar-refractivity contribution in [3.05, 3.63) is 94.3 Å². The first kappa shape index (κ1) is 21.9. The molecule has 1 aliphatic rings. The number of ether oxygens (including phenoxy) is 2. The molecule has 2 aromatic carbocycles. The van der Waals surface area contributed by atoms with Crippen LogP contribution < -0.4 is 5.32 Å². The molecule has 31 heavy (non-hydrogen) atoms. The predicted octanol–water partition coefficient (Wildman–Crippen LogP) is 4.06. The Bertz CT molecular complexity index is 1050. The Labute approximate surface area is 181 Å². The summed E-state index contributed by atoms with van der Waals surface area (Å²) < 4.78 is 10.5. The first-order valence-electron chi connectivity index (χ1n) is 9.87. The third kappa shape index (κ3) is 5.04. The van der Waals surface area contributed by atoms with Crippen LogP contribution in [0.3, 0.4) is 0 Å². The fraction of sp³-hybridized carbons (Fsp3) is 0.200. The summed E-state index contributed by atoms with van der Waals surface area (Å²) in [6.45, 7) is 3.64. The normalized spacial score (nSPS) is 16.3. The van der Waals surface area contributed by atoms with Crippen LogP contribution in [0.2, 0.25) is 0 Å². The van der Waals surface area contributed by atoms with Crippen molar-refractivity contribution >= 4 is 18.0 Å². The number of aromatic hydroxyl groups is 1. The van der Waals surface area contributed by atoms with E-state index < -0.39 is 17.9 Å². The molecule has 1 aliphatic heterocycles. The van der Waals surface area contributed by atoms with Gasteiger partial charge < -0.3 is 19.9 Å². The van der Waals surface area contributed by atoms with E-state index >= 15 is 0 Å². The Morgan fingerprint density at radius 1 is 0.968 bits per heavy atom. The van der Waals surface area contributed by atoms with Crippen molar-refractivity contribution in [2.45, 2.75) is 19.8 Å². The molecule has 0 radical (unpaired) electrons. The Hall–Kier alpha value is -3.80. The van der Waals surface area contributed by atoms with Crippen LogP contribution in [-0.4, -0.2) is 30.8 Å². The van der Waals surface area contributed by atoms with Crippen LogP contribution in [0.5, 0.6) is 5.75 Å². The minimum absolute atomic E-state index is 0.0637. The molecule has 6 heteroatoms. The third-order valence-corrected chi connectivity index (χ3v) is 5.03. The Kier molecular flexibility index (Phi) is 6.92. The maximum Gasteiger partial charge on any atom is 0.337 e. The number of benzene rings is 2. The van der Waals surface area contributed by atoms with Gasteiger partial charge in [-0.05, 0) is 43.2 Å². The number of dihydropyridines is 1. The monoisotopic (exact) mass is 419 g/mol. The molecule has 3 rings (SSSR count). The van der Waals surface area contributed by atoms with Crippen LogP contribution in [-0.2, 0) is 19.1 Å². The lowest BCUT2D eigenvalue weighted by molar-refractivity contribution is -0.138. The molecular formula is C25H25NO5. The number of carbonyl (C=O) groups excluding carboxylic acids is 2. The molecule has 0 aliphatic carbocycles. The zero-order chi connectivity index (χ0) is 22.4. The fourth-order valence-corrected chi connectivity index (χ4v) is 3.60. The second kappa shape index (κ2) is 9.80. The van der Waals surface area contributed by atoms with Gasteiger partial charge in [-0.3, -0.25) is 0 Å². The van der Waals surface area contributed by atoms with Crippen LogP contribution in [0.15, 0.2) is 83.2 Å². The van der Waals surface area contributed by atoms with Gasteiger partial charge in [0.05, 0.1) is 24.2 Å². The predicted molar refractivity (Wildman–Crippen MR) is 118 cm³/mol. The lowest BCUT2D eigenvalue weighted by atomic mass is 9.80. The molecule has 0 aromatic heterocycles. The van der Waals surface area contributed by atoms with E-state index in [2.05, 4.69) is 5.32 Å². The van der Waals surface area contributed by atoms with Gasteiger partial charge in [-0.25, -0.2) is 9.59 Å². The molecule has 1 heterocycles. The maximum atomic E-state index is 13.0. The number of allylic oxidation sites excluding steroid dienone is 2. The van der Waals surface area contributed by atoms with E-state index in [4.69, 9.17) is 9.47 Å². The van der Waals surface area contributed by atoms with Crippen LogP contribution in [0, 0.1) is 0 Å². The van der Waals surface area contributed by atoms with Gasteiger partial charge in [0.15, 0.2) is 0 Å². The van der Waals surface area contributed by atoms with Gasteiger partial charge >= 0.3 is 11.9 Å². The summed E-state index contributed by atoms with van der Waals surface area (Å²) in [5.74, 6) is -1.41. The number of rotatable bonds is 6. The second-order valence-electron chi connectivity index (χ2n) is 7.13. The minimum atomic E-state index is -0.594. The van der Waals surface area contributed by atoms with Gasteiger partial charge in [-0.1, -0.05) is 48.5 Å². The van der Waals surface area contributed by atoms with Crippen molar-refractivity contribution in [1.29, 1.82) is 0 Å². The van der Waals surface area contributed by atoms with E-state index in [1.807, 2.05) is 30.3 Å². The summed E-state index contributed by atoms with van der Waals surface area (Å²) in [5, 5.41) is 12.5. The number of hydrogen-bond acceptors (Lipinski definition) is 6. The van der Waals surface area contributed by atoms with Gasteiger partial charge in [0.1, 0.15) is 12.4 Å². The highest BCUT2D eigenvalue weighted by Gasteiger charge is 2.37. The topological polar surface area (TPSA) is 84.9 Å². The number of carbonyl (C=O) groups is 2. The molecule has 0 bridgehead atoms. The summed E-state index contributed by atoms with van der Waals surface area (Å²) in [4.78, 5) is 25.6. The van der Waals surface area contributed by atoms with Crippen molar-refractivity contribution in [3.8, 4) is 5.75 Å². The number of methoxy groups -OCH3 is 1. The highest BCUT2D eigenvalue weighted by atomic mass is 16.5. The van der Waals surface area contributed by atoms with Gasteiger partial charge in [0.2, 0.25) is 0 Å². The Balaban J connectivity index is 1.84. The molecule has 1 atom stereocenters. The summed E-state index contributed by atoms with van der Waals surface area (Å²) >= 11 is 0. The van der Waals surface area contributed by atoms with Crippen molar-refractivity contribution in [2.24, 2.45) is 0 Å². The van der Waals surface area contributed by atoms with E-state index in [9.17, 15) is 14.7 Å². The summed E-state index contributed by atoms with van der Waals surface area (Å²) in [6, 6.07) is 16.0. The lowest BCUT2D eigenvalue weighted by Gasteiger charge is -2.30. The van der Waals surface area contributed by atoms with Crippen LogP contribution in [0.1, 0.15) is 30.9 Å². The highest BCUT2D eigenvalue weighted by Crippen LogP contribution is 2.39. The average molecular weight is 419 g/mol. The number of hydrogen-bond donors (Lipinski definition) is 2. The number of phenols is 1. The van der Waals surface area contributed by atoms with Gasteiger partial charge in [0.25, 0.3) is 0 Å². The fourth-order valence-electron chi connectivity index (χ4n) is 3.60. The molecular weight excluding hydrogens is 394 g/mol. The lowest BCUT2D eigenvalue weighted by Crippen LogP contribution is -2.32. The molecule has 2 aromatic rings. The van der Waals surface area contributed by atoms with Crippen LogP contribution in [0.4, 0.5) is 0 Å². The Morgan fingerprint density at radius 3 is 2.19 bits per heavy atom. The van der Waals surface area contributed by atoms with Crippen LogP contribution in [0.25, 0.3) is 6.08 Å². The number of phenolic OH excluding ortho intramolecular Hbond substituents is 1. The van der Waals surface area contributed by atoms with Crippen LogP contribution >= 0.6 is 0 Å². The number of nitrogens with one attached hydrogen (secondary N) is 1. The molecule has 1 unspecified atom stereocenters. The summed E-state index contributed by atoms with van der Waals surface area (Å²) in [7, 11) is 1.32. The summed E-state index contributed by atoms with van der Waals surface area (Å²) in [5.41, 5.74) is 3.70. The maximum absolute atomic E-state index is 13.0. The molecule has 0 saturated heterocycles. The van der Waals surface area contributed by atoms with Crippen molar-refractivity contribution in [3.63, 3.8) is 0 Å². The average Bonchev–Trinajstić information content (AvgIpc) is 2.77. The molecule has 0 saturated carbocycles. The van der Waals surface area contributed by atoms with E-state index in [0.717, 1.165) is 11.1 Å². The third-order valence-electron chi connectivity index (χ3n) is 5.03. The van der Waals surface area contributed by atoms with Crippen molar-refractivity contribution in [2.75, 3.05) is 13.7 Å². The number of esters is 2. The van der Waals surface area contributed by atoms with E-state index in [0.29, 0.717) is 22.5 Å². The van der Waals surface area contributed by atoms with E-state index in [1.165, 1.54) is 7.11 Å². The van der Waals surface area contributed by atoms with Crippen molar-refractivity contribution < 1.29 is 24.2 Å². The molecule has 2 N–H and O–H groups in total. The SMILES string of the molecule is COC(=O)C1=C(C)NC(C)=C(C(=O)OC/C=C/c2ccc(O)cc2)C1c1ccccc1. The van der Waals surface area contributed by atoms with E-state index in [1.54, 1.807) is 50.3 Å². The van der Waals surface area contributed by atoms with Crippen molar-refractivity contribution in [1.82, 2.24) is 5.32 Å². The smallest absolute Gasteiger partial charge is 0.337 e. The minimum Gasteiger partial charge on any atom is -0.508 e. The first-order valence-corrected chi connectivity index (χ1v) is 9.87.